The van der Waals surface area contributed by atoms with Gasteiger partial charge in [-0.2, -0.15) is 4.31 Å². The minimum absolute atomic E-state index is 0.452. The van der Waals surface area contributed by atoms with Gasteiger partial charge in [-0.25, -0.2) is 8.42 Å². The smallest absolute Gasteiger partial charge is 0.208 e. The second-order valence-corrected chi connectivity index (χ2v) is 6.26. The van der Waals surface area contributed by atoms with Gasteiger partial charge in [0.2, 0.25) is 10.0 Å². The maximum Gasteiger partial charge on any atom is 0.235 e. The summed E-state index contributed by atoms with van der Waals surface area (Å²) in [5.41, 5.74) is 0.452. The fourth-order valence-corrected chi connectivity index (χ4v) is 2.78. The summed E-state index contributed by atoms with van der Waals surface area (Å²) in [5.74, 6) is 0.585. The predicted octanol–water partition coefficient (Wildman–Crippen LogP) is 1.19. The van der Waals surface area contributed by atoms with E-state index in [1.165, 1.54) is 17.1 Å². The van der Waals surface area contributed by atoms with E-state index in [9.17, 15) is 8.42 Å². The van der Waals surface area contributed by atoms with Crippen molar-refractivity contribution in [2.24, 2.45) is 11.3 Å². The van der Waals surface area contributed by atoms with Crippen molar-refractivity contribution >= 4 is 10.0 Å². The lowest BCUT2D eigenvalue weighted by Crippen LogP contribution is -2.52. The first-order chi connectivity index (χ1) is 5.98. The van der Waals surface area contributed by atoms with E-state index in [0.29, 0.717) is 24.4 Å². The minimum Gasteiger partial charge on any atom is -0.208 e. The Labute approximate surface area is 79.5 Å². The molecule has 0 spiro atoms. The molecule has 13 heavy (non-hydrogen) atoms. The van der Waals surface area contributed by atoms with Crippen molar-refractivity contribution in [2.75, 3.05) is 13.1 Å². The summed E-state index contributed by atoms with van der Waals surface area (Å²) in [6.45, 7) is 6.95. The molecule has 74 valence electrons. The molecule has 2 rings (SSSR count). The molecule has 0 N–H and O–H groups in total. The van der Waals surface area contributed by atoms with Crippen LogP contribution in [0.25, 0.3) is 0 Å². The van der Waals surface area contributed by atoms with Crippen LogP contribution in [0.5, 0.6) is 0 Å². The Balaban J connectivity index is 1.95. The fraction of sp³-hybridized carbons (Fsp3) is 0.778. The van der Waals surface area contributed by atoms with Crippen LogP contribution < -0.4 is 0 Å². The second-order valence-electron chi connectivity index (χ2n) is 4.38. The van der Waals surface area contributed by atoms with Gasteiger partial charge in [0.25, 0.3) is 0 Å². The molecule has 1 heterocycles. The van der Waals surface area contributed by atoms with Crippen LogP contribution in [-0.4, -0.2) is 25.8 Å². The lowest BCUT2D eigenvalue weighted by atomic mass is 9.86. The maximum absolute atomic E-state index is 11.3. The van der Waals surface area contributed by atoms with Crippen LogP contribution in [0.3, 0.4) is 0 Å². The molecule has 0 radical (unpaired) electrons. The quantitative estimate of drug-likeness (QED) is 0.688. The summed E-state index contributed by atoms with van der Waals surface area (Å²) in [4.78, 5) is 0. The van der Waals surface area contributed by atoms with Gasteiger partial charge in [-0.3, -0.25) is 0 Å². The second kappa shape index (κ2) is 2.58. The molecule has 0 bridgehead atoms. The van der Waals surface area contributed by atoms with E-state index in [0.717, 1.165) is 5.41 Å². The van der Waals surface area contributed by atoms with Gasteiger partial charge in [-0.15, -0.1) is 0 Å². The normalized spacial score (nSPS) is 28.1. The van der Waals surface area contributed by atoms with E-state index in [-0.39, 0.29) is 0 Å². The van der Waals surface area contributed by atoms with Gasteiger partial charge < -0.3 is 0 Å². The number of nitrogens with zero attached hydrogens (tertiary/aromatic N) is 1. The molecule has 0 unspecified atom stereocenters. The molecule has 2 fully saturated rings. The first-order valence-electron chi connectivity index (χ1n) is 4.60. The highest BCUT2D eigenvalue weighted by molar-refractivity contribution is 7.92. The molecule has 1 aliphatic carbocycles. The topological polar surface area (TPSA) is 37.4 Å². The molecule has 1 saturated heterocycles. The van der Waals surface area contributed by atoms with Gasteiger partial charge in [-0.05, 0) is 24.2 Å². The molecule has 1 saturated carbocycles. The molecule has 0 aromatic rings. The summed E-state index contributed by atoms with van der Waals surface area (Å²) < 4.78 is 24.1. The van der Waals surface area contributed by atoms with Crippen LogP contribution in [0.1, 0.15) is 19.8 Å². The number of rotatable bonds is 3. The van der Waals surface area contributed by atoms with E-state index in [1.807, 2.05) is 0 Å². The van der Waals surface area contributed by atoms with Crippen LogP contribution in [0.4, 0.5) is 0 Å². The minimum atomic E-state index is -3.13. The summed E-state index contributed by atoms with van der Waals surface area (Å²) in [5, 5.41) is 1.04. The zero-order valence-electron chi connectivity index (χ0n) is 7.86. The van der Waals surface area contributed by atoms with Crippen molar-refractivity contribution in [1.82, 2.24) is 4.31 Å². The van der Waals surface area contributed by atoms with Crippen molar-refractivity contribution in [3.8, 4) is 0 Å². The van der Waals surface area contributed by atoms with E-state index >= 15 is 0 Å². The molecular weight excluding hydrogens is 186 g/mol. The van der Waals surface area contributed by atoms with E-state index in [4.69, 9.17) is 0 Å². The first kappa shape index (κ1) is 9.21. The third-order valence-electron chi connectivity index (χ3n) is 3.44. The zero-order valence-corrected chi connectivity index (χ0v) is 8.68. The summed E-state index contributed by atoms with van der Waals surface area (Å²) >= 11 is 0. The number of sulfonamides is 1. The summed E-state index contributed by atoms with van der Waals surface area (Å²) in [6, 6.07) is 0. The van der Waals surface area contributed by atoms with E-state index < -0.39 is 10.0 Å². The van der Waals surface area contributed by atoms with Gasteiger partial charge in [0.05, 0.1) is 0 Å². The average molecular weight is 201 g/mol. The van der Waals surface area contributed by atoms with Crippen molar-refractivity contribution in [2.45, 2.75) is 19.8 Å². The number of hydrogen-bond donors (Lipinski definition) is 0. The Morgan fingerprint density at radius 1 is 1.46 bits per heavy atom. The molecule has 0 aromatic carbocycles. The Kier molecular flexibility index (Phi) is 1.83. The monoisotopic (exact) mass is 201 g/mol. The van der Waals surface area contributed by atoms with Gasteiger partial charge in [0.15, 0.2) is 0 Å². The van der Waals surface area contributed by atoms with Crippen LogP contribution in [0.2, 0.25) is 0 Å². The summed E-state index contributed by atoms with van der Waals surface area (Å²) in [6.07, 6.45) is 2.53. The average Bonchev–Trinajstić information content (AvgIpc) is 2.64. The molecule has 1 aliphatic heterocycles. The van der Waals surface area contributed by atoms with Crippen LogP contribution in [0, 0.1) is 11.3 Å². The standard InChI is InChI=1S/C9H15NO2S/c1-3-13(11,12)10-6-8(7-10)9(2)4-5-9/h3,8H,1,4-7H2,2H3. The number of hydrogen-bond acceptors (Lipinski definition) is 2. The van der Waals surface area contributed by atoms with Gasteiger partial charge in [0, 0.05) is 18.5 Å². The van der Waals surface area contributed by atoms with Crippen LogP contribution >= 0.6 is 0 Å². The lowest BCUT2D eigenvalue weighted by molar-refractivity contribution is 0.131. The molecule has 0 aromatic heterocycles. The van der Waals surface area contributed by atoms with Gasteiger partial charge >= 0.3 is 0 Å². The Bertz CT molecular complexity index is 324. The highest BCUT2D eigenvalue weighted by atomic mass is 32.2. The van der Waals surface area contributed by atoms with Gasteiger partial charge in [-0.1, -0.05) is 13.5 Å². The lowest BCUT2D eigenvalue weighted by Gasteiger charge is -2.41. The molecular formula is C9H15NO2S. The Hall–Kier alpha value is -0.350. The molecule has 2 aliphatic rings. The first-order valence-corrected chi connectivity index (χ1v) is 6.11. The van der Waals surface area contributed by atoms with Crippen molar-refractivity contribution < 1.29 is 8.42 Å². The highest BCUT2D eigenvalue weighted by Crippen LogP contribution is 2.54. The third-order valence-corrected chi connectivity index (χ3v) is 4.88. The third kappa shape index (κ3) is 1.42. The van der Waals surface area contributed by atoms with Crippen molar-refractivity contribution in [3.05, 3.63) is 12.0 Å². The van der Waals surface area contributed by atoms with Crippen molar-refractivity contribution in [3.63, 3.8) is 0 Å². The zero-order chi connectivity index (χ0) is 9.69. The maximum atomic E-state index is 11.3. The summed E-state index contributed by atoms with van der Waals surface area (Å²) in [7, 11) is -3.13. The fourth-order valence-electron chi connectivity index (χ4n) is 1.80. The van der Waals surface area contributed by atoms with E-state index in [2.05, 4.69) is 13.5 Å². The Morgan fingerprint density at radius 2 is 2.00 bits per heavy atom. The van der Waals surface area contributed by atoms with Crippen LogP contribution in [0.15, 0.2) is 12.0 Å². The SMILES string of the molecule is C=CS(=O)(=O)N1CC(C2(C)CC2)C1. The van der Waals surface area contributed by atoms with Gasteiger partial charge in [0.1, 0.15) is 0 Å². The predicted molar refractivity (Wildman–Crippen MR) is 51.5 cm³/mol. The molecule has 4 heteroatoms. The van der Waals surface area contributed by atoms with Crippen LogP contribution in [-0.2, 0) is 10.0 Å². The molecule has 3 nitrogen and oxygen atoms in total. The largest absolute Gasteiger partial charge is 0.235 e. The Morgan fingerprint density at radius 3 is 2.38 bits per heavy atom. The van der Waals surface area contributed by atoms with E-state index in [1.54, 1.807) is 0 Å². The highest BCUT2D eigenvalue weighted by Gasteiger charge is 2.51. The molecule has 0 atom stereocenters. The van der Waals surface area contributed by atoms with Crippen molar-refractivity contribution in [1.29, 1.82) is 0 Å². The molecule has 0 amide bonds.